The average Bonchev–Trinajstić information content (AvgIpc) is 2.64. The third-order valence-corrected chi connectivity index (χ3v) is 3.02. The van der Waals surface area contributed by atoms with Crippen molar-refractivity contribution in [2.45, 2.75) is 13.0 Å². The minimum Gasteiger partial charge on any atom is -0.348 e. The third-order valence-electron chi connectivity index (χ3n) is 3.02. The molecule has 1 aromatic carbocycles. The Balaban J connectivity index is 2.14. The third kappa shape index (κ3) is 2.44. The number of rotatable bonds is 2. The first kappa shape index (κ1) is 12.0. The first-order valence-electron chi connectivity index (χ1n) is 5.55. The van der Waals surface area contributed by atoms with E-state index in [1.807, 2.05) is 6.92 Å². The van der Waals surface area contributed by atoms with E-state index >= 15 is 0 Å². The molecule has 1 aliphatic heterocycles. The van der Waals surface area contributed by atoms with Crippen LogP contribution in [0.15, 0.2) is 18.2 Å². The smallest absolute Gasteiger partial charge is 0.257 e. The molecule has 0 aromatic heterocycles. The number of carbonyl (C=O) groups excluding carboxylic acids is 1. The van der Waals surface area contributed by atoms with Crippen molar-refractivity contribution in [1.82, 2.24) is 10.6 Å². The molecule has 0 aliphatic carbocycles. The molecular weight excluding hydrogens is 226 g/mol. The zero-order valence-corrected chi connectivity index (χ0v) is 9.47. The van der Waals surface area contributed by atoms with Crippen LogP contribution >= 0.6 is 0 Å². The lowest BCUT2D eigenvalue weighted by Gasteiger charge is -2.16. The standard InChI is InChI=1S/C12H14F2N2O/c1-7-5-15-6-10(7)16-12(17)11-8(13)3-2-4-9(11)14/h2-4,7,10,15H,5-6H2,1H3,(H,16,17). The van der Waals surface area contributed by atoms with E-state index in [1.54, 1.807) is 0 Å². The lowest BCUT2D eigenvalue weighted by molar-refractivity contribution is 0.0924. The maximum atomic E-state index is 13.4. The fraction of sp³-hybridized carbons (Fsp3) is 0.417. The lowest BCUT2D eigenvalue weighted by Crippen LogP contribution is -2.40. The molecule has 2 rings (SSSR count). The molecule has 0 spiro atoms. The normalized spacial score (nSPS) is 23.7. The van der Waals surface area contributed by atoms with E-state index in [2.05, 4.69) is 10.6 Å². The fourth-order valence-corrected chi connectivity index (χ4v) is 1.96. The van der Waals surface area contributed by atoms with Crippen molar-refractivity contribution in [3.8, 4) is 0 Å². The molecule has 0 saturated carbocycles. The minimum absolute atomic E-state index is 0.0819. The minimum atomic E-state index is -0.832. The van der Waals surface area contributed by atoms with Gasteiger partial charge < -0.3 is 10.6 Å². The molecule has 92 valence electrons. The van der Waals surface area contributed by atoms with Gasteiger partial charge in [-0.3, -0.25) is 4.79 Å². The Bertz CT molecular complexity index is 416. The van der Waals surface area contributed by atoms with Gasteiger partial charge in [-0.05, 0) is 24.6 Å². The van der Waals surface area contributed by atoms with E-state index in [4.69, 9.17) is 0 Å². The summed E-state index contributed by atoms with van der Waals surface area (Å²) in [4.78, 5) is 11.8. The monoisotopic (exact) mass is 240 g/mol. The number of benzene rings is 1. The summed E-state index contributed by atoms with van der Waals surface area (Å²) in [5.41, 5.74) is -0.508. The van der Waals surface area contributed by atoms with Gasteiger partial charge in [0.15, 0.2) is 0 Å². The second-order valence-corrected chi connectivity index (χ2v) is 4.31. The van der Waals surface area contributed by atoms with Crippen molar-refractivity contribution >= 4 is 5.91 Å². The molecule has 5 heteroatoms. The van der Waals surface area contributed by atoms with Gasteiger partial charge in [-0.2, -0.15) is 0 Å². The van der Waals surface area contributed by atoms with Gasteiger partial charge in [0.1, 0.15) is 17.2 Å². The molecule has 1 fully saturated rings. The van der Waals surface area contributed by atoms with Gasteiger partial charge in [0.25, 0.3) is 5.91 Å². The molecule has 2 N–H and O–H groups in total. The maximum absolute atomic E-state index is 13.4. The van der Waals surface area contributed by atoms with Gasteiger partial charge in [-0.25, -0.2) is 8.78 Å². The van der Waals surface area contributed by atoms with Gasteiger partial charge in [-0.15, -0.1) is 0 Å². The molecule has 1 saturated heterocycles. The van der Waals surface area contributed by atoms with E-state index < -0.39 is 23.1 Å². The van der Waals surface area contributed by atoms with Crippen LogP contribution < -0.4 is 10.6 Å². The highest BCUT2D eigenvalue weighted by Crippen LogP contribution is 2.14. The summed E-state index contributed by atoms with van der Waals surface area (Å²) >= 11 is 0. The Labute approximate surface area is 98.2 Å². The lowest BCUT2D eigenvalue weighted by atomic mass is 10.1. The van der Waals surface area contributed by atoms with E-state index in [1.165, 1.54) is 6.07 Å². The van der Waals surface area contributed by atoms with Crippen LogP contribution in [0.25, 0.3) is 0 Å². The summed E-state index contributed by atoms with van der Waals surface area (Å²) in [6.07, 6.45) is 0. The number of nitrogens with one attached hydrogen (secondary N) is 2. The average molecular weight is 240 g/mol. The van der Waals surface area contributed by atoms with Gasteiger partial charge in [0.2, 0.25) is 0 Å². The van der Waals surface area contributed by atoms with E-state index in [0.29, 0.717) is 6.54 Å². The molecule has 1 heterocycles. The van der Waals surface area contributed by atoms with Crippen LogP contribution in [0.3, 0.4) is 0 Å². The number of carbonyl (C=O) groups is 1. The van der Waals surface area contributed by atoms with Crippen molar-refractivity contribution in [3.05, 3.63) is 35.4 Å². The zero-order valence-electron chi connectivity index (χ0n) is 9.47. The van der Waals surface area contributed by atoms with Gasteiger partial charge in [0, 0.05) is 12.6 Å². The van der Waals surface area contributed by atoms with Crippen molar-refractivity contribution in [1.29, 1.82) is 0 Å². The SMILES string of the molecule is CC1CNCC1NC(=O)c1c(F)cccc1F. The predicted molar refractivity (Wildman–Crippen MR) is 59.6 cm³/mol. The van der Waals surface area contributed by atoms with Crippen LogP contribution in [0, 0.1) is 17.6 Å². The molecule has 1 aromatic rings. The van der Waals surface area contributed by atoms with Crippen LogP contribution in [0.2, 0.25) is 0 Å². The quantitative estimate of drug-likeness (QED) is 0.818. The summed E-state index contributed by atoms with van der Waals surface area (Å²) in [6, 6.07) is 3.31. The van der Waals surface area contributed by atoms with Crippen molar-refractivity contribution < 1.29 is 13.6 Å². The largest absolute Gasteiger partial charge is 0.348 e. The van der Waals surface area contributed by atoms with Crippen LogP contribution in [-0.4, -0.2) is 25.0 Å². The van der Waals surface area contributed by atoms with E-state index in [9.17, 15) is 13.6 Å². The van der Waals surface area contributed by atoms with Crippen LogP contribution in [0.4, 0.5) is 8.78 Å². The Hall–Kier alpha value is -1.49. The summed E-state index contributed by atoms with van der Waals surface area (Å²) in [7, 11) is 0. The first-order valence-corrected chi connectivity index (χ1v) is 5.55. The van der Waals surface area contributed by atoms with Crippen molar-refractivity contribution in [2.24, 2.45) is 5.92 Å². The first-order chi connectivity index (χ1) is 8.09. The summed E-state index contributed by atoms with van der Waals surface area (Å²) in [5, 5.41) is 5.75. The maximum Gasteiger partial charge on any atom is 0.257 e. The van der Waals surface area contributed by atoms with Crippen LogP contribution in [0.1, 0.15) is 17.3 Å². The second-order valence-electron chi connectivity index (χ2n) is 4.31. The molecule has 0 radical (unpaired) electrons. The molecule has 17 heavy (non-hydrogen) atoms. The van der Waals surface area contributed by atoms with Crippen LogP contribution in [-0.2, 0) is 0 Å². The van der Waals surface area contributed by atoms with Gasteiger partial charge in [0.05, 0.1) is 0 Å². The highest BCUT2D eigenvalue weighted by atomic mass is 19.1. The molecule has 2 atom stereocenters. The fourth-order valence-electron chi connectivity index (χ4n) is 1.96. The Morgan fingerprint density at radius 1 is 1.35 bits per heavy atom. The molecular formula is C12H14F2N2O. The van der Waals surface area contributed by atoms with E-state index in [-0.39, 0.29) is 12.0 Å². The second kappa shape index (κ2) is 4.79. The topological polar surface area (TPSA) is 41.1 Å². The predicted octanol–water partition coefficient (Wildman–Crippen LogP) is 1.30. The highest BCUT2D eigenvalue weighted by Gasteiger charge is 2.26. The number of amides is 1. The van der Waals surface area contributed by atoms with Gasteiger partial charge >= 0.3 is 0 Å². The van der Waals surface area contributed by atoms with Crippen LogP contribution in [0.5, 0.6) is 0 Å². The van der Waals surface area contributed by atoms with Gasteiger partial charge in [-0.1, -0.05) is 13.0 Å². The molecule has 1 amide bonds. The highest BCUT2D eigenvalue weighted by molar-refractivity contribution is 5.95. The van der Waals surface area contributed by atoms with E-state index in [0.717, 1.165) is 18.7 Å². The molecule has 1 aliphatic rings. The Morgan fingerprint density at radius 2 is 2.00 bits per heavy atom. The number of halogens is 2. The summed E-state index contributed by atoms with van der Waals surface area (Å²) < 4.78 is 26.7. The van der Waals surface area contributed by atoms with Crippen molar-refractivity contribution in [2.75, 3.05) is 13.1 Å². The summed E-state index contributed by atoms with van der Waals surface area (Å²) in [6.45, 7) is 3.40. The number of hydrogen-bond acceptors (Lipinski definition) is 2. The Kier molecular flexibility index (Phi) is 3.38. The zero-order chi connectivity index (χ0) is 12.4. The summed E-state index contributed by atoms with van der Waals surface area (Å²) in [5.74, 6) is -2.10. The molecule has 0 bridgehead atoms. The number of hydrogen-bond donors (Lipinski definition) is 2. The molecule has 3 nitrogen and oxygen atoms in total. The molecule has 2 unspecified atom stereocenters. The Morgan fingerprint density at radius 3 is 2.53 bits per heavy atom. The van der Waals surface area contributed by atoms with Crippen molar-refractivity contribution in [3.63, 3.8) is 0 Å².